The van der Waals surface area contributed by atoms with Crippen LogP contribution >= 0.6 is 0 Å². The van der Waals surface area contributed by atoms with Gasteiger partial charge in [-0.3, -0.25) is 9.78 Å². The molecule has 3 nitrogen and oxygen atoms in total. The molecule has 1 aromatic heterocycles. The van der Waals surface area contributed by atoms with Gasteiger partial charge in [-0.1, -0.05) is 48.5 Å². The monoisotopic (exact) mass is 315 g/mol. The molecule has 0 saturated carbocycles. The maximum atomic E-state index is 12.1. The third-order valence-electron chi connectivity index (χ3n) is 3.52. The molecule has 0 aliphatic heterocycles. The van der Waals surface area contributed by atoms with Crippen molar-refractivity contribution in [3.8, 4) is 5.75 Å². The number of rotatable bonds is 6. The Morgan fingerprint density at radius 3 is 2.54 bits per heavy atom. The molecule has 0 amide bonds. The zero-order valence-corrected chi connectivity index (χ0v) is 13.1. The molecule has 0 radical (unpaired) electrons. The van der Waals surface area contributed by atoms with Crippen molar-refractivity contribution in [1.29, 1.82) is 0 Å². The molecule has 0 aliphatic rings. The van der Waals surface area contributed by atoms with Gasteiger partial charge in [-0.25, -0.2) is 0 Å². The van der Waals surface area contributed by atoms with E-state index in [2.05, 4.69) is 4.98 Å². The van der Waals surface area contributed by atoms with Crippen LogP contribution in [0.2, 0.25) is 0 Å². The highest BCUT2D eigenvalue weighted by Crippen LogP contribution is 2.21. The first-order chi connectivity index (χ1) is 11.8. The quantitative estimate of drug-likeness (QED) is 0.494. The van der Waals surface area contributed by atoms with Crippen LogP contribution in [-0.2, 0) is 6.61 Å². The molecule has 2 aromatic carbocycles. The van der Waals surface area contributed by atoms with Gasteiger partial charge in [0.15, 0.2) is 5.78 Å². The lowest BCUT2D eigenvalue weighted by molar-refractivity contribution is 0.104. The fourth-order valence-electron chi connectivity index (χ4n) is 2.26. The number of hydrogen-bond donors (Lipinski definition) is 0. The number of pyridine rings is 1. The highest BCUT2D eigenvalue weighted by atomic mass is 16.5. The Kier molecular flexibility index (Phi) is 5.15. The van der Waals surface area contributed by atoms with Crippen LogP contribution in [0.1, 0.15) is 21.5 Å². The third kappa shape index (κ3) is 4.17. The molecule has 24 heavy (non-hydrogen) atoms. The second-order valence-electron chi connectivity index (χ2n) is 5.25. The molecule has 0 unspecified atom stereocenters. The maximum absolute atomic E-state index is 12.1. The van der Waals surface area contributed by atoms with E-state index in [-0.39, 0.29) is 5.78 Å². The van der Waals surface area contributed by atoms with E-state index in [0.717, 1.165) is 16.9 Å². The molecule has 0 fully saturated rings. The van der Waals surface area contributed by atoms with Gasteiger partial charge in [0.05, 0.1) is 0 Å². The average molecular weight is 315 g/mol. The van der Waals surface area contributed by atoms with E-state index in [1.54, 1.807) is 36.7 Å². The molecule has 0 bridgehead atoms. The lowest BCUT2D eigenvalue weighted by atomic mass is 10.1. The Hall–Kier alpha value is -3.20. The minimum atomic E-state index is -0.0824. The standard InChI is InChI=1S/C21H17NO2/c23-20(19-10-6-14-22-15-19)13-12-18-9-4-5-11-21(18)24-16-17-7-2-1-3-8-17/h1-15H,16H2/b13-12-. The van der Waals surface area contributed by atoms with Crippen molar-refractivity contribution in [2.24, 2.45) is 0 Å². The highest BCUT2D eigenvalue weighted by Gasteiger charge is 2.03. The zero-order chi connectivity index (χ0) is 16.6. The van der Waals surface area contributed by atoms with Gasteiger partial charge in [-0.2, -0.15) is 0 Å². The van der Waals surface area contributed by atoms with Gasteiger partial charge in [0.2, 0.25) is 0 Å². The van der Waals surface area contributed by atoms with Gasteiger partial charge < -0.3 is 4.74 Å². The Morgan fingerprint density at radius 2 is 1.75 bits per heavy atom. The summed E-state index contributed by atoms with van der Waals surface area (Å²) < 4.78 is 5.89. The Morgan fingerprint density at radius 1 is 0.958 bits per heavy atom. The van der Waals surface area contributed by atoms with Crippen molar-refractivity contribution in [3.05, 3.63) is 102 Å². The second kappa shape index (κ2) is 7.88. The van der Waals surface area contributed by atoms with Gasteiger partial charge in [-0.05, 0) is 35.9 Å². The summed E-state index contributed by atoms with van der Waals surface area (Å²) >= 11 is 0. The number of ether oxygens (including phenoxy) is 1. The van der Waals surface area contributed by atoms with Crippen molar-refractivity contribution in [2.45, 2.75) is 6.61 Å². The summed E-state index contributed by atoms with van der Waals surface area (Å²) in [6.45, 7) is 0.488. The number of para-hydroxylation sites is 1. The summed E-state index contributed by atoms with van der Waals surface area (Å²) in [6.07, 6.45) is 6.52. The molecule has 0 saturated heterocycles. The van der Waals surface area contributed by atoms with Crippen LogP contribution < -0.4 is 4.74 Å². The summed E-state index contributed by atoms with van der Waals surface area (Å²) in [5.41, 5.74) is 2.53. The second-order valence-corrected chi connectivity index (χ2v) is 5.25. The number of carbonyl (C=O) groups excluding carboxylic acids is 1. The van der Waals surface area contributed by atoms with Crippen molar-refractivity contribution in [1.82, 2.24) is 4.98 Å². The van der Waals surface area contributed by atoms with E-state index in [4.69, 9.17) is 4.74 Å². The van der Waals surface area contributed by atoms with E-state index < -0.39 is 0 Å². The summed E-state index contributed by atoms with van der Waals surface area (Å²) in [5.74, 6) is 0.664. The van der Waals surface area contributed by atoms with Crippen molar-refractivity contribution in [2.75, 3.05) is 0 Å². The lowest BCUT2D eigenvalue weighted by Crippen LogP contribution is -1.97. The highest BCUT2D eigenvalue weighted by molar-refractivity contribution is 6.06. The largest absolute Gasteiger partial charge is 0.488 e. The first-order valence-electron chi connectivity index (χ1n) is 7.71. The van der Waals surface area contributed by atoms with E-state index in [0.29, 0.717) is 12.2 Å². The summed E-state index contributed by atoms with van der Waals surface area (Å²) in [7, 11) is 0. The predicted molar refractivity (Wildman–Crippen MR) is 94.8 cm³/mol. The van der Waals surface area contributed by atoms with Crippen LogP contribution in [0.15, 0.2) is 85.2 Å². The zero-order valence-electron chi connectivity index (χ0n) is 13.1. The molecular formula is C21H17NO2. The number of nitrogens with zero attached hydrogens (tertiary/aromatic N) is 1. The summed E-state index contributed by atoms with van der Waals surface area (Å²) in [5, 5.41) is 0. The third-order valence-corrected chi connectivity index (χ3v) is 3.52. The van der Waals surface area contributed by atoms with Gasteiger partial charge in [-0.15, -0.1) is 0 Å². The van der Waals surface area contributed by atoms with Crippen LogP contribution in [0.5, 0.6) is 5.75 Å². The lowest BCUT2D eigenvalue weighted by Gasteiger charge is -2.09. The van der Waals surface area contributed by atoms with Crippen molar-refractivity contribution >= 4 is 11.9 Å². The molecule has 0 atom stereocenters. The molecule has 3 aromatic rings. The molecule has 0 spiro atoms. The van der Waals surface area contributed by atoms with Gasteiger partial charge in [0.25, 0.3) is 0 Å². The number of ketones is 1. The number of aromatic nitrogens is 1. The SMILES string of the molecule is O=C(/C=C\c1ccccc1OCc1ccccc1)c1cccnc1. The topological polar surface area (TPSA) is 39.2 Å². The molecule has 1 heterocycles. The van der Waals surface area contributed by atoms with E-state index in [1.807, 2.05) is 54.6 Å². The minimum Gasteiger partial charge on any atom is -0.488 e. The summed E-state index contributed by atoms with van der Waals surface area (Å²) in [6, 6.07) is 21.1. The normalized spacial score (nSPS) is 10.7. The first-order valence-corrected chi connectivity index (χ1v) is 7.71. The fourth-order valence-corrected chi connectivity index (χ4v) is 2.26. The summed E-state index contributed by atoms with van der Waals surface area (Å²) in [4.78, 5) is 16.1. The van der Waals surface area contributed by atoms with Crippen LogP contribution in [-0.4, -0.2) is 10.8 Å². The van der Waals surface area contributed by atoms with Crippen molar-refractivity contribution in [3.63, 3.8) is 0 Å². The molecule has 0 aliphatic carbocycles. The Labute approximate surface area is 141 Å². The predicted octanol–water partition coefficient (Wildman–Crippen LogP) is 4.56. The van der Waals surface area contributed by atoms with Crippen molar-refractivity contribution < 1.29 is 9.53 Å². The van der Waals surface area contributed by atoms with E-state index in [9.17, 15) is 4.79 Å². The number of benzene rings is 2. The van der Waals surface area contributed by atoms with Gasteiger partial charge in [0.1, 0.15) is 12.4 Å². The van der Waals surface area contributed by atoms with Gasteiger partial charge in [0, 0.05) is 23.5 Å². The molecule has 3 heteroatoms. The first kappa shape index (κ1) is 15.7. The van der Waals surface area contributed by atoms with E-state index in [1.165, 1.54) is 0 Å². The number of carbonyl (C=O) groups is 1. The van der Waals surface area contributed by atoms with E-state index >= 15 is 0 Å². The Balaban J connectivity index is 1.72. The molecule has 0 N–H and O–H groups in total. The Bertz CT molecular complexity index is 827. The maximum Gasteiger partial charge on any atom is 0.187 e. The van der Waals surface area contributed by atoms with Crippen LogP contribution in [0.3, 0.4) is 0 Å². The number of allylic oxidation sites excluding steroid dienone is 1. The van der Waals surface area contributed by atoms with Crippen LogP contribution in [0.4, 0.5) is 0 Å². The fraction of sp³-hybridized carbons (Fsp3) is 0.0476. The van der Waals surface area contributed by atoms with Crippen LogP contribution in [0.25, 0.3) is 6.08 Å². The average Bonchev–Trinajstić information content (AvgIpc) is 2.66. The van der Waals surface area contributed by atoms with Crippen LogP contribution in [0, 0.1) is 0 Å². The minimum absolute atomic E-state index is 0.0824. The number of hydrogen-bond acceptors (Lipinski definition) is 3. The molecular weight excluding hydrogens is 298 g/mol. The molecule has 3 rings (SSSR count). The van der Waals surface area contributed by atoms with Gasteiger partial charge >= 0.3 is 0 Å². The smallest absolute Gasteiger partial charge is 0.187 e. The molecule has 118 valence electrons.